The third kappa shape index (κ3) is 8.51. The van der Waals surface area contributed by atoms with Crippen molar-refractivity contribution in [2.45, 2.75) is 90.4 Å². The van der Waals surface area contributed by atoms with Crippen LogP contribution in [0.4, 0.5) is 0 Å². The minimum Gasteiger partial charge on any atom is -0.516 e. The lowest BCUT2D eigenvalue weighted by atomic mass is 9.99. The number of hydrogen-bond donors (Lipinski definition) is 1. The fourth-order valence-corrected chi connectivity index (χ4v) is 11.6. The Morgan fingerprint density at radius 2 is 1.30 bits per heavy atom. The highest BCUT2D eigenvalue weighted by Gasteiger charge is 2.58. The monoisotopic (exact) mass is 541 g/mol. The normalized spacial score (nSPS) is 14.2. The second-order valence-corrected chi connectivity index (χ2v) is 18.5. The van der Waals surface area contributed by atoms with Crippen molar-refractivity contribution in [3.05, 3.63) is 71.8 Å². The molecule has 6 heteroatoms. The van der Waals surface area contributed by atoms with Crippen LogP contribution >= 0.6 is 9.24 Å². The molecule has 1 amide bonds. The Morgan fingerprint density at radius 3 is 1.70 bits per heavy atom. The van der Waals surface area contributed by atoms with Crippen LogP contribution in [-0.2, 0) is 26.9 Å². The molecule has 0 aliphatic heterocycles. The third-order valence-corrected chi connectivity index (χ3v) is 14.6. The summed E-state index contributed by atoms with van der Waals surface area (Å²) in [5, 5.41) is 2.78. The summed E-state index contributed by atoms with van der Waals surface area (Å²) in [7, 11) is 0.0349. The fourth-order valence-electron chi connectivity index (χ4n) is 5.42. The zero-order chi connectivity index (χ0) is 27.9. The molecular weight excluding hydrogens is 493 g/mol. The van der Waals surface area contributed by atoms with Gasteiger partial charge in [0.05, 0.1) is 0 Å². The van der Waals surface area contributed by atoms with Gasteiger partial charge in [-0.1, -0.05) is 116 Å². The van der Waals surface area contributed by atoms with Crippen LogP contribution in [0.3, 0.4) is 0 Å². The Kier molecular flexibility index (Phi) is 11.1. The molecule has 2 aromatic rings. The Labute approximate surface area is 228 Å². The SMILES string of the molecule is CC(C)C[Si](OC(=O)[C@H](Cc1ccccc1)NC(=O)[C@@H](CP)Cc1ccccc1)(C(C)(C)C)C(C)(C)C. The topological polar surface area (TPSA) is 55.4 Å². The Hall–Kier alpha value is -1.97. The lowest BCUT2D eigenvalue weighted by Crippen LogP contribution is -2.59. The number of carbonyl (C=O) groups excluding carboxylic acids is 2. The standard InChI is InChI=1S/C31H48NO3PSi/c1-23(2)22-37(30(3,4)5,31(6,7)8)35-29(34)27(20-25-17-13-10-14-18-25)32-28(33)26(21-36)19-24-15-11-9-12-16-24/h9-18,23,26-27H,19-22,36H2,1-8H3,(H,32,33)/t26-,27+/m1/s1. The number of amides is 1. The molecule has 0 aliphatic carbocycles. The lowest BCUT2D eigenvalue weighted by molar-refractivity contribution is -0.141. The second kappa shape index (κ2) is 13.2. The molecule has 0 spiro atoms. The van der Waals surface area contributed by atoms with Crippen LogP contribution in [0.5, 0.6) is 0 Å². The molecule has 4 nitrogen and oxygen atoms in total. The van der Waals surface area contributed by atoms with Crippen molar-refractivity contribution in [2.75, 3.05) is 6.16 Å². The molecule has 0 aliphatic rings. The van der Waals surface area contributed by atoms with Gasteiger partial charge in [-0.25, -0.2) is 0 Å². The van der Waals surface area contributed by atoms with Gasteiger partial charge >= 0.3 is 5.97 Å². The van der Waals surface area contributed by atoms with E-state index in [0.29, 0.717) is 24.9 Å². The fraction of sp³-hybridized carbons (Fsp3) is 0.548. The maximum Gasteiger partial charge on any atom is 0.315 e. The molecule has 2 aromatic carbocycles. The van der Waals surface area contributed by atoms with Crippen molar-refractivity contribution in [2.24, 2.45) is 11.8 Å². The van der Waals surface area contributed by atoms with Gasteiger partial charge in [-0.05, 0) is 45.7 Å². The quantitative estimate of drug-likeness (QED) is 0.242. The molecule has 0 saturated heterocycles. The predicted molar refractivity (Wildman–Crippen MR) is 161 cm³/mol. The van der Waals surface area contributed by atoms with E-state index in [9.17, 15) is 9.59 Å². The zero-order valence-electron chi connectivity index (χ0n) is 24.1. The van der Waals surface area contributed by atoms with E-state index in [1.165, 1.54) is 0 Å². The highest BCUT2D eigenvalue weighted by atomic mass is 31.0. The molecule has 3 atom stereocenters. The van der Waals surface area contributed by atoms with Crippen LogP contribution in [-0.4, -0.2) is 32.4 Å². The summed E-state index contributed by atoms with van der Waals surface area (Å²) in [6.07, 6.45) is 1.64. The maximum absolute atomic E-state index is 14.0. The lowest BCUT2D eigenvalue weighted by Gasteiger charge is -2.51. The number of hydrogen-bond acceptors (Lipinski definition) is 3. The second-order valence-electron chi connectivity index (χ2n) is 12.7. The van der Waals surface area contributed by atoms with Crippen LogP contribution in [0.2, 0.25) is 16.1 Å². The molecule has 0 fully saturated rings. The van der Waals surface area contributed by atoms with Gasteiger partial charge in [0.15, 0.2) is 0 Å². The molecule has 1 N–H and O–H groups in total. The summed E-state index contributed by atoms with van der Waals surface area (Å²) in [6, 6.07) is 20.0. The van der Waals surface area contributed by atoms with Gasteiger partial charge in [0.2, 0.25) is 5.91 Å². The summed E-state index contributed by atoms with van der Waals surface area (Å²) in [5.74, 6) is -0.273. The van der Waals surface area contributed by atoms with Gasteiger partial charge in [0.1, 0.15) is 6.04 Å². The van der Waals surface area contributed by atoms with Gasteiger partial charge < -0.3 is 9.74 Å². The molecular formula is C31H48NO3PSi. The molecule has 204 valence electrons. The zero-order valence-corrected chi connectivity index (χ0v) is 26.3. The first-order chi connectivity index (χ1) is 17.2. The summed E-state index contributed by atoms with van der Waals surface area (Å²) < 4.78 is 6.72. The highest BCUT2D eigenvalue weighted by molar-refractivity contribution is 7.16. The number of carbonyl (C=O) groups is 2. The van der Waals surface area contributed by atoms with Crippen molar-refractivity contribution in [1.29, 1.82) is 0 Å². The van der Waals surface area contributed by atoms with Gasteiger partial charge in [-0.2, -0.15) is 0 Å². The van der Waals surface area contributed by atoms with Gasteiger partial charge in [0, 0.05) is 12.3 Å². The average molecular weight is 542 g/mol. The number of benzene rings is 2. The largest absolute Gasteiger partial charge is 0.516 e. The molecule has 0 bridgehead atoms. The first-order valence-corrected chi connectivity index (χ1v) is 16.4. The molecule has 1 unspecified atom stereocenters. The van der Waals surface area contributed by atoms with E-state index in [2.05, 4.69) is 69.9 Å². The minimum absolute atomic E-state index is 0.112. The first kappa shape index (κ1) is 31.2. The molecule has 37 heavy (non-hydrogen) atoms. The average Bonchev–Trinajstić information content (AvgIpc) is 2.81. The van der Waals surface area contributed by atoms with E-state index in [0.717, 1.165) is 17.2 Å². The van der Waals surface area contributed by atoms with E-state index in [1.807, 2.05) is 60.7 Å². The summed E-state index contributed by atoms with van der Waals surface area (Å²) in [6.45, 7) is 17.6. The molecule has 0 aromatic heterocycles. The van der Waals surface area contributed by atoms with E-state index >= 15 is 0 Å². The van der Waals surface area contributed by atoms with Crippen LogP contribution in [0.1, 0.15) is 66.5 Å². The summed E-state index contributed by atoms with van der Waals surface area (Å²) >= 11 is 0. The van der Waals surface area contributed by atoms with Crippen molar-refractivity contribution in [3.8, 4) is 0 Å². The van der Waals surface area contributed by atoms with Crippen molar-refractivity contribution in [3.63, 3.8) is 0 Å². The van der Waals surface area contributed by atoms with Gasteiger partial charge in [0.25, 0.3) is 8.32 Å². The minimum atomic E-state index is -2.66. The van der Waals surface area contributed by atoms with Gasteiger partial charge in [-0.15, -0.1) is 9.24 Å². The molecule has 0 saturated carbocycles. The van der Waals surface area contributed by atoms with E-state index in [4.69, 9.17) is 4.43 Å². The van der Waals surface area contributed by atoms with Crippen LogP contribution in [0, 0.1) is 11.8 Å². The van der Waals surface area contributed by atoms with E-state index in [-0.39, 0.29) is 27.9 Å². The van der Waals surface area contributed by atoms with Crippen LogP contribution < -0.4 is 5.32 Å². The van der Waals surface area contributed by atoms with Crippen molar-refractivity contribution < 1.29 is 14.0 Å². The van der Waals surface area contributed by atoms with Crippen molar-refractivity contribution >= 4 is 29.4 Å². The van der Waals surface area contributed by atoms with E-state index in [1.54, 1.807) is 0 Å². The maximum atomic E-state index is 14.0. The molecule has 2 rings (SSSR count). The predicted octanol–water partition coefficient (Wildman–Crippen LogP) is 7.19. The number of rotatable bonds is 11. The third-order valence-electron chi connectivity index (χ3n) is 7.26. The highest BCUT2D eigenvalue weighted by Crippen LogP contribution is 2.55. The molecule has 0 radical (unpaired) electrons. The summed E-state index contributed by atoms with van der Waals surface area (Å²) in [4.78, 5) is 27.5. The summed E-state index contributed by atoms with van der Waals surface area (Å²) in [5.41, 5.74) is 2.11. The first-order valence-electron chi connectivity index (χ1n) is 13.5. The van der Waals surface area contributed by atoms with Crippen LogP contribution in [0.25, 0.3) is 0 Å². The number of nitrogens with one attached hydrogen (secondary N) is 1. The van der Waals surface area contributed by atoms with E-state index < -0.39 is 14.4 Å². The Bertz CT molecular complexity index is 983. The van der Waals surface area contributed by atoms with Crippen molar-refractivity contribution in [1.82, 2.24) is 5.32 Å². The van der Waals surface area contributed by atoms with Crippen LogP contribution in [0.15, 0.2) is 60.7 Å². The smallest absolute Gasteiger partial charge is 0.315 e. The molecule has 0 heterocycles. The Morgan fingerprint density at radius 1 is 0.838 bits per heavy atom. The van der Waals surface area contributed by atoms with Gasteiger partial charge in [-0.3, -0.25) is 9.59 Å². The Balaban J connectivity index is 2.39.